The number of benzene rings is 3. The highest BCUT2D eigenvalue weighted by molar-refractivity contribution is 5.69. The van der Waals surface area contributed by atoms with E-state index < -0.39 is 52.3 Å². The zero-order valence-electron chi connectivity index (χ0n) is 17.7. The highest BCUT2D eigenvalue weighted by atomic mass is 19.3. The Morgan fingerprint density at radius 2 is 1.20 bits per heavy atom. The number of alkyl halides is 2. The van der Waals surface area contributed by atoms with Crippen molar-refractivity contribution in [2.24, 2.45) is 0 Å². The monoisotopic (exact) mass is 495 g/mol. The third-order valence-electron chi connectivity index (χ3n) is 5.01. The van der Waals surface area contributed by atoms with Gasteiger partial charge in [-0.3, -0.25) is 4.98 Å². The third-order valence-corrected chi connectivity index (χ3v) is 5.01. The zero-order chi connectivity index (χ0) is 25.5. The Morgan fingerprint density at radius 1 is 0.657 bits per heavy atom. The minimum atomic E-state index is -4.69. The van der Waals surface area contributed by atoms with Gasteiger partial charge in [-0.2, -0.15) is 8.78 Å². The summed E-state index contributed by atoms with van der Waals surface area (Å²) in [6, 6.07) is 8.41. The van der Waals surface area contributed by atoms with E-state index >= 15 is 0 Å². The summed E-state index contributed by atoms with van der Waals surface area (Å²) in [5.74, 6) is -10.7. The first-order chi connectivity index (χ1) is 16.5. The molecule has 3 aromatic carbocycles. The van der Waals surface area contributed by atoms with E-state index in [1.807, 2.05) is 0 Å². The molecule has 0 radical (unpaired) electrons. The molecule has 2 nitrogen and oxygen atoms in total. The molecule has 0 aliphatic carbocycles. The Hall–Kier alpha value is -3.95. The molecule has 0 bridgehead atoms. The van der Waals surface area contributed by atoms with Crippen molar-refractivity contribution >= 4 is 0 Å². The van der Waals surface area contributed by atoms with Gasteiger partial charge in [0.15, 0.2) is 17.5 Å². The average Bonchev–Trinajstić information content (AvgIpc) is 2.76. The molecule has 10 heteroatoms. The topological polar surface area (TPSA) is 22.1 Å². The lowest BCUT2D eigenvalue weighted by Crippen LogP contribution is -2.25. The maximum absolute atomic E-state index is 14.6. The Morgan fingerprint density at radius 3 is 1.74 bits per heavy atom. The molecule has 0 aliphatic heterocycles. The van der Waals surface area contributed by atoms with Gasteiger partial charge in [-0.25, -0.2) is 26.3 Å². The van der Waals surface area contributed by atoms with E-state index in [4.69, 9.17) is 0 Å². The van der Waals surface area contributed by atoms with Gasteiger partial charge in [0.2, 0.25) is 0 Å². The van der Waals surface area contributed by atoms with E-state index in [2.05, 4.69) is 9.72 Å². The molecule has 0 saturated heterocycles. The van der Waals surface area contributed by atoms with Gasteiger partial charge in [-0.15, -0.1) is 0 Å². The first kappa shape index (κ1) is 24.2. The lowest BCUT2D eigenvalue weighted by molar-refractivity contribution is -0.189. The van der Waals surface area contributed by atoms with E-state index in [-0.39, 0.29) is 29.0 Å². The minimum absolute atomic E-state index is 0.0558. The van der Waals surface area contributed by atoms with Gasteiger partial charge in [0.1, 0.15) is 34.5 Å². The van der Waals surface area contributed by atoms with Crippen LogP contribution in [0.4, 0.5) is 35.1 Å². The summed E-state index contributed by atoms with van der Waals surface area (Å²) in [4.78, 5) is 4.01. The number of rotatable bonds is 5. The van der Waals surface area contributed by atoms with Crippen LogP contribution < -0.4 is 4.74 Å². The van der Waals surface area contributed by atoms with Crippen LogP contribution in [0.25, 0.3) is 22.4 Å². The molecular formula is C25H13F8NO. The van der Waals surface area contributed by atoms with E-state index in [0.29, 0.717) is 23.3 Å². The standard InChI is InChI=1S/C25H13F8NO/c1-12-6-21(30)24(34-11-12)14-4-2-13(3-5-14)15-7-17(26)22(18(27)8-15)25(32,33)35-16-9-19(28)23(31)20(29)10-16/h2-11H,1H3. The molecule has 0 atom stereocenters. The number of halogens is 8. The highest BCUT2D eigenvalue weighted by Gasteiger charge is 2.41. The first-order valence-electron chi connectivity index (χ1n) is 9.90. The van der Waals surface area contributed by atoms with Crippen LogP contribution in [0.1, 0.15) is 11.1 Å². The SMILES string of the molecule is Cc1cnc(-c2ccc(-c3cc(F)c(C(F)(F)Oc4cc(F)c(F)c(F)c4)c(F)c3)cc2)c(F)c1. The van der Waals surface area contributed by atoms with Gasteiger partial charge in [0.25, 0.3) is 0 Å². The fourth-order valence-corrected chi connectivity index (χ4v) is 3.37. The van der Waals surface area contributed by atoms with Crippen molar-refractivity contribution in [3.05, 3.63) is 107 Å². The van der Waals surface area contributed by atoms with Gasteiger partial charge in [-0.05, 0) is 41.8 Å². The molecule has 4 aromatic rings. The highest BCUT2D eigenvalue weighted by Crippen LogP contribution is 2.38. The normalized spacial score (nSPS) is 11.6. The summed E-state index contributed by atoms with van der Waals surface area (Å²) in [5, 5.41) is 0. The molecule has 1 heterocycles. The van der Waals surface area contributed by atoms with Crippen molar-refractivity contribution in [3.63, 3.8) is 0 Å². The van der Waals surface area contributed by atoms with Crippen LogP contribution >= 0.6 is 0 Å². The second-order valence-electron chi connectivity index (χ2n) is 7.56. The first-order valence-corrected chi connectivity index (χ1v) is 9.90. The molecular weight excluding hydrogens is 482 g/mol. The Kier molecular flexibility index (Phi) is 6.23. The minimum Gasteiger partial charge on any atom is -0.429 e. The Balaban J connectivity index is 1.64. The summed E-state index contributed by atoms with van der Waals surface area (Å²) in [6.07, 6.45) is -3.23. The second kappa shape index (κ2) is 9.01. The summed E-state index contributed by atoms with van der Waals surface area (Å²) in [7, 11) is 0. The number of aryl methyl sites for hydroxylation is 1. The summed E-state index contributed by atoms with van der Waals surface area (Å²) in [6.45, 7) is 1.67. The van der Waals surface area contributed by atoms with Gasteiger partial charge >= 0.3 is 6.11 Å². The van der Waals surface area contributed by atoms with Crippen molar-refractivity contribution in [1.29, 1.82) is 0 Å². The molecule has 0 N–H and O–H groups in total. The van der Waals surface area contributed by atoms with Gasteiger partial charge in [-0.1, -0.05) is 24.3 Å². The van der Waals surface area contributed by atoms with E-state index in [9.17, 15) is 35.1 Å². The summed E-state index contributed by atoms with van der Waals surface area (Å²) >= 11 is 0. The van der Waals surface area contributed by atoms with E-state index in [1.54, 1.807) is 6.92 Å². The average molecular weight is 495 g/mol. The number of nitrogens with zero attached hydrogens (tertiary/aromatic N) is 1. The smallest absolute Gasteiger partial charge is 0.429 e. The lowest BCUT2D eigenvalue weighted by Gasteiger charge is -2.20. The van der Waals surface area contributed by atoms with Crippen LogP contribution in [0.3, 0.4) is 0 Å². The third kappa shape index (κ3) is 4.82. The number of hydrogen-bond acceptors (Lipinski definition) is 2. The number of aromatic nitrogens is 1. The lowest BCUT2D eigenvalue weighted by atomic mass is 10.00. The Bertz CT molecular complexity index is 1370. The summed E-state index contributed by atoms with van der Waals surface area (Å²) < 4.78 is 116. The van der Waals surface area contributed by atoms with Crippen LogP contribution in [0, 0.1) is 41.8 Å². The van der Waals surface area contributed by atoms with Gasteiger partial charge in [0.05, 0.1) is 0 Å². The second-order valence-corrected chi connectivity index (χ2v) is 7.56. The van der Waals surface area contributed by atoms with Crippen molar-refractivity contribution in [3.8, 4) is 28.1 Å². The van der Waals surface area contributed by atoms with Gasteiger partial charge < -0.3 is 4.74 Å². The Labute approximate surface area is 193 Å². The van der Waals surface area contributed by atoms with Crippen molar-refractivity contribution < 1.29 is 39.9 Å². The van der Waals surface area contributed by atoms with Crippen LogP contribution in [0.5, 0.6) is 5.75 Å². The molecule has 0 spiro atoms. The summed E-state index contributed by atoms with van der Waals surface area (Å²) in [5.41, 5.74) is -0.666. The molecule has 180 valence electrons. The van der Waals surface area contributed by atoms with Crippen LogP contribution in [-0.2, 0) is 6.11 Å². The quantitative estimate of drug-likeness (QED) is 0.209. The molecule has 35 heavy (non-hydrogen) atoms. The maximum atomic E-state index is 14.6. The maximum Gasteiger partial charge on any atom is 0.432 e. The van der Waals surface area contributed by atoms with E-state index in [1.165, 1.54) is 36.5 Å². The fraction of sp³-hybridized carbons (Fsp3) is 0.0800. The van der Waals surface area contributed by atoms with Crippen molar-refractivity contribution in [1.82, 2.24) is 4.98 Å². The molecule has 0 amide bonds. The molecule has 0 aliphatic rings. The molecule has 1 aromatic heterocycles. The van der Waals surface area contributed by atoms with Crippen LogP contribution in [0.2, 0.25) is 0 Å². The largest absolute Gasteiger partial charge is 0.432 e. The number of hydrogen-bond donors (Lipinski definition) is 0. The van der Waals surface area contributed by atoms with Crippen molar-refractivity contribution in [2.45, 2.75) is 13.0 Å². The molecule has 0 saturated carbocycles. The van der Waals surface area contributed by atoms with Crippen LogP contribution in [0.15, 0.2) is 60.8 Å². The molecule has 0 unspecified atom stereocenters. The molecule has 4 rings (SSSR count). The zero-order valence-corrected chi connectivity index (χ0v) is 17.7. The number of ether oxygens (including phenoxy) is 1. The van der Waals surface area contributed by atoms with Crippen LogP contribution in [-0.4, -0.2) is 4.98 Å². The predicted octanol–water partition coefficient (Wildman–Crippen LogP) is 7.69. The predicted molar refractivity (Wildman–Crippen MR) is 111 cm³/mol. The molecule has 0 fully saturated rings. The van der Waals surface area contributed by atoms with Gasteiger partial charge in [0, 0.05) is 23.9 Å². The fourth-order valence-electron chi connectivity index (χ4n) is 3.37. The number of pyridine rings is 1. The van der Waals surface area contributed by atoms with Crippen molar-refractivity contribution in [2.75, 3.05) is 0 Å². The van der Waals surface area contributed by atoms with E-state index in [0.717, 1.165) is 0 Å².